The highest BCUT2D eigenvalue weighted by Gasteiger charge is 2.38. The lowest BCUT2D eigenvalue weighted by molar-refractivity contribution is -0.00344. The minimum Gasteiger partial charge on any atom is -0.442 e. The maximum absolute atomic E-state index is 13.3. The van der Waals surface area contributed by atoms with Crippen molar-refractivity contribution in [3.8, 4) is 0 Å². The zero-order valence-corrected chi connectivity index (χ0v) is 18.6. The normalized spacial score (nSPS) is 19.7. The molecular weight excluding hydrogens is 386 g/mol. The van der Waals surface area contributed by atoms with E-state index in [-0.39, 0.29) is 28.8 Å². The first kappa shape index (κ1) is 22.1. The lowest BCUT2D eigenvalue weighted by atomic mass is 9.89. The molecule has 0 saturated heterocycles. The minimum absolute atomic E-state index is 0.223. The highest BCUT2D eigenvalue weighted by molar-refractivity contribution is 7.91. The molecule has 2 aliphatic carbocycles. The number of nitrogens with zero attached hydrogens (tertiary/aromatic N) is 1. The van der Waals surface area contributed by atoms with Crippen LogP contribution in [0.25, 0.3) is 0 Å². The third kappa shape index (κ3) is 5.97. The average Bonchev–Trinajstić information content (AvgIpc) is 2.69. The van der Waals surface area contributed by atoms with Gasteiger partial charge in [0.25, 0.3) is 0 Å². The second kappa shape index (κ2) is 9.50. The zero-order chi connectivity index (χ0) is 20.9. The summed E-state index contributed by atoms with van der Waals surface area (Å²) < 4.78 is 31.5. The maximum Gasteiger partial charge on any atom is 0.410 e. The van der Waals surface area contributed by atoms with E-state index in [9.17, 15) is 13.2 Å². The summed E-state index contributed by atoms with van der Waals surface area (Å²) in [6.45, 7) is 3.40. The lowest BCUT2D eigenvalue weighted by Gasteiger charge is -2.42. The summed E-state index contributed by atoms with van der Waals surface area (Å²) in [5.74, 6) is -0.223. The molecule has 1 amide bonds. The van der Waals surface area contributed by atoms with Crippen LogP contribution in [-0.2, 0) is 14.6 Å². The number of carbonyl (C=O) groups is 1. The Labute approximate surface area is 175 Å². The third-order valence-electron chi connectivity index (χ3n) is 6.15. The first-order chi connectivity index (χ1) is 13.8. The van der Waals surface area contributed by atoms with E-state index >= 15 is 0 Å². The Morgan fingerprint density at radius 1 is 0.931 bits per heavy atom. The fraction of sp³-hybridized carbons (Fsp3) is 0.696. The van der Waals surface area contributed by atoms with Crippen molar-refractivity contribution in [1.82, 2.24) is 4.90 Å². The zero-order valence-electron chi connectivity index (χ0n) is 17.8. The van der Waals surface area contributed by atoms with Crippen LogP contribution >= 0.6 is 0 Å². The molecule has 6 heteroatoms. The van der Waals surface area contributed by atoms with E-state index in [0.29, 0.717) is 0 Å². The van der Waals surface area contributed by atoms with Crippen LogP contribution in [0.4, 0.5) is 4.79 Å². The van der Waals surface area contributed by atoms with Crippen molar-refractivity contribution >= 4 is 15.9 Å². The van der Waals surface area contributed by atoms with Gasteiger partial charge in [0.2, 0.25) is 0 Å². The van der Waals surface area contributed by atoms with E-state index in [0.717, 1.165) is 51.4 Å². The molecule has 1 aromatic carbocycles. The number of hydrogen-bond acceptors (Lipinski definition) is 4. The van der Waals surface area contributed by atoms with Gasteiger partial charge in [0.1, 0.15) is 5.60 Å². The Morgan fingerprint density at radius 2 is 1.41 bits per heavy atom. The topological polar surface area (TPSA) is 63.7 Å². The predicted molar refractivity (Wildman–Crippen MR) is 115 cm³/mol. The number of rotatable bonds is 6. The molecular formula is C23H35NO4S. The van der Waals surface area contributed by atoms with Crippen molar-refractivity contribution in [3.05, 3.63) is 30.3 Å². The van der Waals surface area contributed by atoms with Gasteiger partial charge >= 0.3 is 6.09 Å². The van der Waals surface area contributed by atoms with Crippen molar-refractivity contribution in [1.29, 1.82) is 0 Å². The molecule has 162 valence electrons. The molecule has 0 radical (unpaired) electrons. The molecule has 0 aliphatic heterocycles. The Kier molecular flexibility index (Phi) is 7.25. The average molecular weight is 422 g/mol. The van der Waals surface area contributed by atoms with Crippen molar-refractivity contribution in [2.75, 3.05) is 5.75 Å². The maximum atomic E-state index is 13.3. The summed E-state index contributed by atoms with van der Waals surface area (Å²) in [4.78, 5) is 15.5. The number of amides is 1. The molecule has 2 aliphatic rings. The van der Waals surface area contributed by atoms with Gasteiger partial charge in [-0.3, -0.25) is 0 Å². The molecule has 5 nitrogen and oxygen atoms in total. The largest absolute Gasteiger partial charge is 0.442 e. The van der Waals surface area contributed by atoms with E-state index in [1.165, 1.54) is 12.8 Å². The minimum atomic E-state index is -3.53. The van der Waals surface area contributed by atoms with Gasteiger partial charge in [0, 0.05) is 12.1 Å². The molecule has 0 atom stereocenters. The summed E-state index contributed by atoms with van der Waals surface area (Å²) in [6.07, 6.45) is 10.8. The number of sulfone groups is 1. The number of hydrogen-bond donors (Lipinski definition) is 0. The molecule has 0 unspecified atom stereocenters. The molecule has 0 heterocycles. The molecule has 29 heavy (non-hydrogen) atoms. The predicted octanol–water partition coefficient (Wildman–Crippen LogP) is 5.34. The Bertz CT molecular complexity index is 745. The molecule has 2 fully saturated rings. The third-order valence-corrected chi connectivity index (χ3v) is 8.22. The first-order valence-corrected chi connectivity index (χ1v) is 12.7. The summed E-state index contributed by atoms with van der Waals surface area (Å²) in [6, 6.07) is 8.82. The van der Waals surface area contributed by atoms with Gasteiger partial charge in [-0.05, 0) is 51.7 Å². The van der Waals surface area contributed by atoms with Gasteiger partial charge in [0.05, 0.1) is 10.6 Å². The second-order valence-corrected chi connectivity index (χ2v) is 11.2. The highest BCUT2D eigenvalue weighted by atomic mass is 32.2. The first-order valence-electron chi connectivity index (χ1n) is 11.1. The highest BCUT2D eigenvalue weighted by Crippen LogP contribution is 2.32. The Morgan fingerprint density at radius 3 is 1.90 bits per heavy atom. The summed E-state index contributed by atoms with van der Waals surface area (Å²) in [5, 5.41) is 0. The van der Waals surface area contributed by atoms with E-state index in [1.54, 1.807) is 44.2 Å². The van der Waals surface area contributed by atoms with Crippen molar-refractivity contribution in [2.24, 2.45) is 0 Å². The quantitative estimate of drug-likeness (QED) is 0.622. The Balaban J connectivity index is 1.73. The molecule has 0 N–H and O–H groups in total. The molecule has 0 spiro atoms. The lowest BCUT2D eigenvalue weighted by Crippen LogP contribution is -2.51. The summed E-state index contributed by atoms with van der Waals surface area (Å²) in [7, 11) is -3.53. The van der Waals surface area contributed by atoms with Gasteiger partial charge < -0.3 is 9.64 Å². The fourth-order valence-electron chi connectivity index (χ4n) is 4.80. The van der Waals surface area contributed by atoms with Crippen LogP contribution in [0.15, 0.2) is 35.2 Å². The van der Waals surface area contributed by atoms with Gasteiger partial charge in [-0.2, -0.15) is 0 Å². The molecule has 3 rings (SSSR count). The Hall–Kier alpha value is -1.56. The summed E-state index contributed by atoms with van der Waals surface area (Å²) >= 11 is 0. The van der Waals surface area contributed by atoms with Gasteiger partial charge in [-0.25, -0.2) is 13.2 Å². The van der Waals surface area contributed by atoms with E-state index in [2.05, 4.69) is 0 Å². The second-order valence-electron chi connectivity index (χ2n) is 9.19. The number of benzene rings is 1. The number of carbonyl (C=O) groups excluding carboxylic acids is 1. The van der Waals surface area contributed by atoms with E-state index < -0.39 is 15.4 Å². The van der Waals surface area contributed by atoms with Crippen LogP contribution in [0, 0.1) is 0 Å². The fourth-order valence-corrected chi connectivity index (χ4v) is 6.51. The standard InChI is InChI=1S/C23H35NO4S/c1-23(2,18-29(26,27)21-16-10-5-11-17-21)28-22(25)24(19-12-6-3-7-13-19)20-14-8-4-9-15-20/h5,10-11,16-17,19-20H,3-4,6-9,12-15,18H2,1-2H3. The molecule has 2 saturated carbocycles. The SMILES string of the molecule is CC(C)(CS(=O)(=O)c1ccccc1)OC(=O)N(C1CCCCC1)C1CCCCC1. The van der Waals surface area contributed by atoms with Crippen LogP contribution in [0.3, 0.4) is 0 Å². The van der Waals surface area contributed by atoms with E-state index in [1.807, 2.05) is 4.90 Å². The van der Waals surface area contributed by atoms with Crippen molar-refractivity contribution in [2.45, 2.75) is 101 Å². The van der Waals surface area contributed by atoms with Gasteiger partial charge in [-0.15, -0.1) is 0 Å². The van der Waals surface area contributed by atoms with E-state index in [4.69, 9.17) is 4.74 Å². The monoisotopic (exact) mass is 421 g/mol. The molecule has 1 aromatic rings. The van der Waals surface area contributed by atoms with Crippen LogP contribution in [-0.4, -0.2) is 42.8 Å². The van der Waals surface area contributed by atoms with Gasteiger partial charge in [0.15, 0.2) is 9.84 Å². The van der Waals surface area contributed by atoms with Crippen LogP contribution in [0.5, 0.6) is 0 Å². The number of ether oxygens (including phenoxy) is 1. The van der Waals surface area contributed by atoms with Crippen molar-refractivity contribution < 1.29 is 17.9 Å². The summed E-state index contributed by atoms with van der Waals surface area (Å²) in [5.41, 5.74) is -1.09. The van der Waals surface area contributed by atoms with Gasteiger partial charge in [-0.1, -0.05) is 56.7 Å². The van der Waals surface area contributed by atoms with Crippen LogP contribution < -0.4 is 0 Å². The smallest absolute Gasteiger partial charge is 0.410 e. The molecule has 0 aromatic heterocycles. The van der Waals surface area contributed by atoms with Crippen molar-refractivity contribution in [3.63, 3.8) is 0 Å². The van der Waals surface area contributed by atoms with Crippen LogP contribution in [0.1, 0.15) is 78.1 Å². The molecule has 0 bridgehead atoms. The van der Waals surface area contributed by atoms with Crippen LogP contribution in [0.2, 0.25) is 0 Å².